The minimum Gasteiger partial charge on any atom is -0.385 e. The highest BCUT2D eigenvalue weighted by molar-refractivity contribution is 5.97. The molecular formula is C20H31Cl2N3O. The molecule has 2 saturated heterocycles. The number of halogens is 2. The number of nitrogens with one attached hydrogen (secondary N) is 1. The zero-order valence-electron chi connectivity index (χ0n) is 15.4. The lowest BCUT2D eigenvalue weighted by Gasteiger charge is -2.40. The summed E-state index contributed by atoms with van der Waals surface area (Å²) in [6.07, 6.45) is 8.51. The van der Waals surface area contributed by atoms with E-state index in [1.54, 1.807) is 0 Å². The third-order valence-electron chi connectivity index (χ3n) is 5.98. The fraction of sp³-hybridized carbons (Fsp3) is 0.650. The molecule has 1 N–H and O–H groups in total. The molecule has 0 radical (unpaired) electrons. The van der Waals surface area contributed by atoms with Crippen LogP contribution < -0.4 is 5.32 Å². The summed E-state index contributed by atoms with van der Waals surface area (Å²) in [6, 6.07) is 6.84. The Kier molecular flexibility index (Phi) is 8.05. The number of nitrogens with zero attached hydrogens (tertiary/aromatic N) is 2. The molecule has 3 heterocycles. The molecule has 26 heavy (non-hydrogen) atoms. The summed E-state index contributed by atoms with van der Waals surface area (Å²) in [6.45, 7) is 5.37. The van der Waals surface area contributed by atoms with E-state index in [1.807, 2.05) is 12.1 Å². The van der Waals surface area contributed by atoms with Gasteiger partial charge in [-0.05, 0) is 69.3 Å². The van der Waals surface area contributed by atoms with E-state index in [0.717, 1.165) is 56.6 Å². The molecule has 1 amide bonds. The van der Waals surface area contributed by atoms with Crippen LogP contribution in [0, 0.1) is 0 Å². The summed E-state index contributed by atoms with van der Waals surface area (Å²) < 4.78 is 0. The zero-order chi connectivity index (χ0) is 16.4. The molecule has 0 bridgehead atoms. The number of benzene rings is 1. The average Bonchev–Trinajstić information content (AvgIpc) is 2.68. The van der Waals surface area contributed by atoms with Gasteiger partial charge in [0.05, 0.1) is 0 Å². The number of hydrogen-bond acceptors (Lipinski definition) is 3. The van der Waals surface area contributed by atoms with Crippen molar-refractivity contribution in [2.75, 3.05) is 38.0 Å². The number of piperidine rings is 2. The van der Waals surface area contributed by atoms with Gasteiger partial charge in [0.25, 0.3) is 5.91 Å². The van der Waals surface area contributed by atoms with Gasteiger partial charge < -0.3 is 15.1 Å². The Labute approximate surface area is 169 Å². The van der Waals surface area contributed by atoms with Gasteiger partial charge in [0, 0.05) is 36.9 Å². The van der Waals surface area contributed by atoms with Crippen molar-refractivity contribution in [1.29, 1.82) is 0 Å². The van der Waals surface area contributed by atoms with Crippen LogP contribution >= 0.6 is 24.8 Å². The molecule has 1 aromatic carbocycles. The average molecular weight is 400 g/mol. The lowest BCUT2D eigenvalue weighted by molar-refractivity contribution is 0.0589. The van der Waals surface area contributed by atoms with E-state index >= 15 is 0 Å². The van der Waals surface area contributed by atoms with Crippen LogP contribution in [0.15, 0.2) is 18.2 Å². The lowest BCUT2D eigenvalue weighted by atomic mass is 9.95. The number of anilines is 1. The van der Waals surface area contributed by atoms with Crippen molar-refractivity contribution < 1.29 is 4.79 Å². The van der Waals surface area contributed by atoms with Crippen LogP contribution in [-0.4, -0.2) is 54.5 Å². The molecule has 0 spiro atoms. The maximum Gasteiger partial charge on any atom is 0.254 e. The first-order valence-electron chi connectivity index (χ1n) is 9.72. The van der Waals surface area contributed by atoms with Gasteiger partial charge in [-0.25, -0.2) is 0 Å². The number of carbonyl (C=O) groups is 1. The second-order valence-corrected chi connectivity index (χ2v) is 7.48. The Morgan fingerprint density at radius 1 is 0.962 bits per heavy atom. The minimum absolute atomic E-state index is 0. The second-order valence-electron chi connectivity index (χ2n) is 7.48. The van der Waals surface area contributed by atoms with Gasteiger partial charge in [-0.1, -0.05) is 12.5 Å². The molecule has 0 unspecified atom stereocenters. The monoisotopic (exact) mass is 399 g/mol. The van der Waals surface area contributed by atoms with E-state index < -0.39 is 0 Å². The van der Waals surface area contributed by atoms with Gasteiger partial charge in [-0.2, -0.15) is 0 Å². The Morgan fingerprint density at radius 3 is 2.42 bits per heavy atom. The smallest absolute Gasteiger partial charge is 0.254 e. The zero-order valence-corrected chi connectivity index (χ0v) is 17.0. The first-order chi connectivity index (χ1) is 11.8. The van der Waals surface area contributed by atoms with E-state index in [9.17, 15) is 4.79 Å². The summed E-state index contributed by atoms with van der Waals surface area (Å²) >= 11 is 0. The Hall–Kier alpha value is -0.970. The molecule has 3 aliphatic heterocycles. The maximum absolute atomic E-state index is 13.0. The van der Waals surface area contributed by atoms with E-state index in [-0.39, 0.29) is 30.7 Å². The molecule has 2 fully saturated rings. The normalized spacial score (nSPS) is 21.0. The highest BCUT2D eigenvalue weighted by Crippen LogP contribution is 2.28. The summed E-state index contributed by atoms with van der Waals surface area (Å²) in [5, 5.41) is 3.43. The maximum atomic E-state index is 13.0. The first-order valence-corrected chi connectivity index (χ1v) is 9.72. The largest absolute Gasteiger partial charge is 0.385 e. The molecule has 146 valence electrons. The van der Waals surface area contributed by atoms with Crippen LogP contribution in [0.2, 0.25) is 0 Å². The van der Waals surface area contributed by atoms with E-state index in [1.165, 1.54) is 37.9 Å². The van der Waals surface area contributed by atoms with Crippen molar-refractivity contribution in [3.05, 3.63) is 29.3 Å². The number of fused-ring (bicyclic) bond motifs is 1. The van der Waals surface area contributed by atoms with Gasteiger partial charge in [0.2, 0.25) is 0 Å². The predicted molar refractivity (Wildman–Crippen MR) is 112 cm³/mol. The van der Waals surface area contributed by atoms with Crippen LogP contribution in [-0.2, 0) is 6.42 Å². The van der Waals surface area contributed by atoms with Crippen LogP contribution in [0.3, 0.4) is 0 Å². The summed E-state index contributed by atoms with van der Waals surface area (Å²) in [5.41, 5.74) is 3.32. The Bertz CT molecular complexity index is 597. The fourth-order valence-corrected chi connectivity index (χ4v) is 4.60. The summed E-state index contributed by atoms with van der Waals surface area (Å²) in [4.78, 5) is 17.8. The van der Waals surface area contributed by atoms with Gasteiger partial charge in [-0.3, -0.25) is 4.79 Å². The van der Waals surface area contributed by atoms with Crippen LogP contribution in [0.25, 0.3) is 0 Å². The fourth-order valence-electron chi connectivity index (χ4n) is 4.60. The molecule has 4 nitrogen and oxygen atoms in total. The molecule has 6 heteroatoms. The number of carbonyl (C=O) groups excluding carboxylic acids is 1. The topological polar surface area (TPSA) is 35.6 Å². The van der Waals surface area contributed by atoms with Crippen molar-refractivity contribution in [1.82, 2.24) is 9.80 Å². The SMILES string of the molecule is Cl.Cl.O=C(c1cccc2c1CCCN2)N1CCC(N2CCCCC2)CC1. The molecule has 3 aliphatic rings. The van der Waals surface area contributed by atoms with Crippen molar-refractivity contribution in [3.63, 3.8) is 0 Å². The van der Waals surface area contributed by atoms with Crippen molar-refractivity contribution >= 4 is 36.4 Å². The standard InChI is InChI=1S/C20H29N3O.2ClH/c24-20(18-6-4-8-19-17(18)7-5-11-21-19)23-14-9-16(10-15-23)22-12-2-1-3-13-22;;/h4,6,8,16,21H,1-3,5,7,9-15H2;2*1H. The van der Waals surface area contributed by atoms with Gasteiger partial charge in [0.1, 0.15) is 0 Å². The molecule has 4 rings (SSSR count). The van der Waals surface area contributed by atoms with Gasteiger partial charge in [-0.15, -0.1) is 24.8 Å². The molecule has 0 atom stereocenters. The number of rotatable bonds is 2. The molecule has 0 aliphatic carbocycles. The Balaban J connectivity index is 0.00000121. The van der Waals surface area contributed by atoms with Crippen molar-refractivity contribution in [3.8, 4) is 0 Å². The third-order valence-corrected chi connectivity index (χ3v) is 5.98. The minimum atomic E-state index is 0. The number of hydrogen-bond donors (Lipinski definition) is 1. The first kappa shape index (κ1) is 21.3. The van der Waals surface area contributed by atoms with E-state index in [0.29, 0.717) is 6.04 Å². The van der Waals surface area contributed by atoms with Crippen molar-refractivity contribution in [2.45, 2.75) is 51.0 Å². The quantitative estimate of drug-likeness (QED) is 0.816. The van der Waals surface area contributed by atoms with Crippen LogP contribution in [0.4, 0.5) is 5.69 Å². The lowest BCUT2D eigenvalue weighted by Crippen LogP contribution is -2.48. The Morgan fingerprint density at radius 2 is 1.69 bits per heavy atom. The van der Waals surface area contributed by atoms with Crippen molar-refractivity contribution in [2.24, 2.45) is 0 Å². The predicted octanol–water partition coefficient (Wildman–Crippen LogP) is 3.98. The molecular weight excluding hydrogens is 369 g/mol. The highest BCUT2D eigenvalue weighted by Gasteiger charge is 2.29. The van der Waals surface area contributed by atoms with Gasteiger partial charge in [0.15, 0.2) is 0 Å². The van der Waals surface area contributed by atoms with E-state index in [4.69, 9.17) is 0 Å². The van der Waals surface area contributed by atoms with Gasteiger partial charge >= 0.3 is 0 Å². The molecule has 1 aromatic rings. The summed E-state index contributed by atoms with van der Waals surface area (Å²) in [5.74, 6) is 0.243. The highest BCUT2D eigenvalue weighted by atomic mass is 35.5. The third kappa shape index (κ3) is 4.47. The molecule has 0 saturated carbocycles. The number of amides is 1. The number of likely N-dealkylation sites (tertiary alicyclic amines) is 2. The molecule has 0 aromatic heterocycles. The van der Waals surface area contributed by atoms with Crippen LogP contribution in [0.5, 0.6) is 0 Å². The van der Waals surface area contributed by atoms with E-state index in [2.05, 4.69) is 21.2 Å². The summed E-state index contributed by atoms with van der Waals surface area (Å²) in [7, 11) is 0. The second kappa shape index (κ2) is 9.82. The van der Waals surface area contributed by atoms with Crippen LogP contribution in [0.1, 0.15) is 54.4 Å².